The zero-order valence-electron chi connectivity index (χ0n) is 22.5. The average molecular weight is 565 g/mol. The Bertz CT molecular complexity index is 1560. The number of rotatable bonds is 10. The van der Waals surface area contributed by atoms with Gasteiger partial charge in [0.05, 0.1) is 5.56 Å². The van der Waals surface area contributed by atoms with Crippen molar-refractivity contribution in [3.63, 3.8) is 0 Å². The molecule has 0 bridgehead atoms. The van der Waals surface area contributed by atoms with Crippen molar-refractivity contribution < 1.29 is 38.6 Å². The minimum atomic E-state index is -1.35. The van der Waals surface area contributed by atoms with E-state index < -0.39 is 30.7 Å². The number of carboxylic acids is 1. The number of nitrogens with one attached hydrogen (secondary N) is 2. The first-order valence-electron chi connectivity index (χ1n) is 12.7. The van der Waals surface area contributed by atoms with Gasteiger partial charge in [0.15, 0.2) is 5.82 Å². The molecular weight excluding hydrogens is 536 g/mol. The molecule has 14 heteroatoms. The number of carbonyl (C=O) groups excluding carboxylic acids is 4. The molecule has 4 rings (SSSR count). The maximum Gasteiger partial charge on any atom is 0.419 e. The lowest BCUT2D eigenvalue weighted by atomic mass is 10.1. The number of carbonyl (C=O) groups is 5. The molecule has 41 heavy (non-hydrogen) atoms. The van der Waals surface area contributed by atoms with Crippen LogP contribution in [0.1, 0.15) is 51.6 Å². The molecule has 0 aliphatic heterocycles. The van der Waals surface area contributed by atoms with Crippen LogP contribution in [0.15, 0.2) is 42.9 Å². The molecule has 1 fully saturated rings. The highest BCUT2D eigenvalue weighted by molar-refractivity contribution is 6.05. The summed E-state index contributed by atoms with van der Waals surface area (Å²) in [5.74, 6) is -2.84. The molecule has 0 atom stereocenters. The van der Waals surface area contributed by atoms with Crippen LogP contribution in [0.3, 0.4) is 0 Å². The minimum Gasteiger partial charge on any atom is -0.478 e. The predicted molar refractivity (Wildman–Crippen MR) is 144 cm³/mol. The Morgan fingerprint density at radius 3 is 2.59 bits per heavy atom. The smallest absolute Gasteiger partial charge is 0.419 e. The molecule has 1 aliphatic rings. The van der Waals surface area contributed by atoms with E-state index in [4.69, 9.17) is 9.84 Å². The van der Waals surface area contributed by atoms with Crippen LogP contribution in [0.2, 0.25) is 0 Å². The van der Waals surface area contributed by atoms with Crippen LogP contribution in [-0.4, -0.2) is 73.8 Å². The van der Waals surface area contributed by atoms with Gasteiger partial charge in [-0.3, -0.25) is 9.59 Å². The third kappa shape index (κ3) is 6.84. The number of carboxylic acid groups (broad SMARTS) is 1. The number of aliphatic carboxylic acids is 1. The van der Waals surface area contributed by atoms with E-state index >= 15 is 0 Å². The summed E-state index contributed by atoms with van der Waals surface area (Å²) in [6.07, 6.45) is 4.88. The standard InChI is InChI=1S/C27H28N6O8/c1-4-32(27(39)41-14-40-22(36)10-9-21(34)35)26(38)19-12-33-23(16(19)3)24(28-13-29-33)31-20-11-17(6-5-15(20)2)25(37)30-18-7-8-18/h5-6,9-13,18H,4,7-8,14H2,1-3H3,(H,30,37)(H,34,35)(H,28,29,31)/b10-9+. The van der Waals surface area contributed by atoms with Crippen LogP contribution in [-0.2, 0) is 19.1 Å². The maximum atomic E-state index is 13.3. The zero-order valence-corrected chi connectivity index (χ0v) is 22.5. The highest BCUT2D eigenvalue weighted by atomic mass is 16.7. The number of imide groups is 1. The van der Waals surface area contributed by atoms with E-state index in [-0.39, 0.29) is 24.1 Å². The largest absolute Gasteiger partial charge is 0.478 e. The number of aryl methyl sites for hydroxylation is 2. The van der Waals surface area contributed by atoms with E-state index in [0.29, 0.717) is 40.3 Å². The Kier molecular flexibility index (Phi) is 8.60. The van der Waals surface area contributed by atoms with E-state index in [1.807, 2.05) is 13.0 Å². The van der Waals surface area contributed by atoms with Crippen LogP contribution >= 0.6 is 0 Å². The lowest BCUT2D eigenvalue weighted by Gasteiger charge is -2.18. The number of esters is 1. The number of ether oxygens (including phenoxy) is 2. The van der Waals surface area contributed by atoms with Gasteiger partial charge in [-0.15, -0.1) is 0 Å². The molecular formula is C27H28N6O8. The Morgan fingerprint density at radius 1 is 1.15 bits per heavy atom. The normalized spacial score (nSPS) is 12.7. The SMILES string of the molecule is CCN(C(=O)OCOC(=O)/C=C/C(=O)O)C(=O)c1cn2ncnc(Nc3cc(C(=O)NC4CC4)ccc3C)c2c1C. The fourth-order valence-electron chi connectivity index (χ4n) is 3.89. The van der Waals surface area contributed by atoms with Crippen LogP contribution < -0.4 is 10.6 Å². The van der Waals surface area contributed by atoms with Gasteiger partial charge in [-0.25, -0.2) is 28.8 Å². The summed E-state index contributed by atoms with van der Waals surface area (Å²) in [5.41, 5.74) is 3.13. The molecule has 3 N–H and O–H groups in total. The molecule has 3 aromatic rings. The van der Waals surface area contributed by atoms with Crippen molar-refractivity contribution in [2.24, 2.45) is 0 Å². The Hall–Kier alpha value is -5.27. The lowest BCUT2D eigenvalue weighted by Crippen LogP contribution is -2.37. The van der Waals surface area contributed by atoms with Gasteiger partial charge in [-0.1, -0.05) is 6.07 Å². The molecule has 0 radical (unpaired) electrons. The number of anilines is 2. The van der Waals surface area contributed by atoms with E-state index in [1.54, 1.807) is 26.0 Å². The van der Waals surface area contributed by atoms with E-state index in [2.05, 4.69) is 25.5 Å². The van der Waals surface area contributed by atoms with Gasteiger partial charge in [0.1, 0.15) is 11.8 Å². The topological polar surface area (TPSA) is 182 Å². The van der Waals surface area contributed by atoms with Gasteiger partial charge in [0, 0.05) is 42.2 Å². The molecule has 2 aromatic heterocycles. The Labute approximate surface area is 233 Å². The lowest BCUT2D eigenvalue weighted by molar-refractivity contribution is -0.146. The predicted octanol–water partition coefficient (Wildman–Crippen LogP) is 2.72. The van der Waals surface area contributed by atoms with Gasteiger partial charge in [0.2, 0.25) is 6.79 Å². The van der Waals surface area contributed by atoms with E-state index in [1.165, 1.54) is 17.0 Å². The molecule has 1 aliphatic carbocycles. The first-order valence-corrected chi connectivity index (χ1v) is 12.7. The monoisotopic (exact) mass is 564 g/mol. The van der Waals surface area contributed by atoms with Gasteiger partial charge < -0.3 is 25.2 Å². The van der Waals surface area contributed by atoms with Crippen molar-refractivity contribution in [1.29, 1.82) is 0 Å². The Balaban J connectivity index is 1.52. The number of hydrogen-bond donors (Lipinski definition) is 3. The van der Waals surface area contributed by atoms with Crippen molar-refractivity contribution in [3.05, 3.63) is 65.1 Å². The van der Waals surface area contributed by atoms with E-state index in [9.17, 15) is 24.0 Å². The molecule has 14 nitrogen and oxygen atoms in total. The summed E-state index contributed by atoms with van der Waals surface area (Å²) in [7, 11) is 0. The summed E-state index contributed by atoms with van der Waals surface area (Å²) in [6.45, 7) is 4.25. The average Bonchev–Trinajstić information content (AvgIpc) is 3.69. The molecule has 3 amide bonds. The van der Waals surface area contributed by atoms with Crippen LogP contribution in [0, 0.1) is 13.8 Å². The summed E-state index contributed by atoms with van der Waals surface area (Å²) in [4.78, 5) is 65.5. The van der Waals surface area contributed by atoms with Crippen LogP contribution in [0.25, 0.3) is 5.52 Å². The van der Waals surface area contributed by atoms with Crippen LogP contribution in [0.4, 0.5) is 16.3 Å². The highest BCUT2D eigenvalue weighted by Gasteiger charge is 2.28. The zero-order chi connectivity index (χ0) is 29.7. The van der Waals surface area contributed by atoms with Gasteiger partial charge in [-0.05, 0) is 56.9 Å². The molecule has 0 spiro atoms. The van der Waals surface area contributed by atoms with Gasteiger partial charge >= 0.3 is 18.0 Å². The Morgan fingerprint density at radius 2 is 1.90 bits per heavy atom. The molecule has 1 saturated carbocycles. The quantitative estimate of drug-likeness (QED) is 0.187. The van der Waals surface area contributed by atoms with E-state index in [0.717, 1.165) is 23.3 Å². The van der Waals surface area contributed by atoms with Crippen molar-refractivity contribution in [3.8, 4) is 0 Å². The van der Waals surface area contributed by atoms with Crippen molar-refractivity contribution in [2.75, 3.05) is 18.7 Å². The fraction of sp³-hybridized carbons (Fsp3) is 0.296. The highest BCUT2D eigenvalue weighted by Crippen LogP contribution is 2.28. The molecule has 1 aromatic carbocycles. The number of benzene rings is 1. The fourth-order valence-corrected chi connectivity index (χ4v) is 3.89. The van der Waals surface area contributed by atoms with Crippen molar-refractivity contribution >= 4 is 46.9 Å². The third-order valence-corrected chi connectivity index (χ3v) is 6.25. The summed E-state index contributed by atoms with van der Waals surface area (Å²) < 4.78 is 10.9. The summed E-state index contributed by atoms with van der Waals surface area (Å²) in [6, 6.07) is 5.53. The number of amides is 3. The maximum absolute atomic E-state index is 13.3. The van der Waals surface area contributed by atoms with Gasteiger partial charge in [-0.2, -0.15) is 5.10 Å². The summed E-state index contributed by atoms with van der Waals surface area (Å²) in [5, 5.41) is 18.9. The second kappa shape index (κ2) is 12.3. The molecule has 0 saturated heterocycles. The number of fused-ring (bicyclic) bond motifs is 1. The van der Waals surface area contributed by atoms with Gasteiger partial charge in [0.25, 0.3) is 11.8 Å². The first kappa shape index (κ1) is 28.7. The second-order valence-corrected chi connectivity index (χ2v) is 9.18. The summed E-state index contributed by atoms with van der Waals surface area (Å²) >= 11 is 0. The third-order valence-electron chi connectivity index (χ3n) is 6.25. The van der Waals surface area contributed by atoms with Crippen molar-refractivity contribution in [2.45, 2.75) is 39.7 Å². The number of nitrogens with zero attached hydrogens (tertiary/aromatic N) is 4. The molecule has 0 unspecified atom stereocenters. The minimum absolute atomic E-state index is 0.0537. The number of aromatic nitrogens is 3. The molecule has 214 valence electrons. The first-order chi connectivity index (χ1) is 19.6. The van der Waals surface area contributed by atoms with Crippen LogP contribution in [0.5, 0.6) is 0 Å². The molecule has 2 heterocycles. The van der Waals surface area contributed by atoms with Crippen molar-refractivity contribution in [1.82, 2.24) is 24.8 Å². The number of hydrogen-bond acceptors (Lipinski definition) is 10. The second-order valence-electron chi connectivity index (χ2n) is 9.18.